The van der Waals surface area contributed by atoms with Crippen LogP contribution in [0.15, 0.2) is 17.0 Å². The van der Waals surface area contributed by atoms with Crippen molar-refractivity contribution in [1.29, 1.82) is 0 Å². The van der Waals surface area contributed by atoms with Gasteiger partial charge in [-0.25, -0.2) is 0 Å². The third-order valence-electron chi connectivity index (χ3n) is 2.43. The smallest absolute Gasteiger partial charge is 0.266 e. The predicted molar refractivity (Wildman–Crippen MR) is 75.4 cm³/mol. The van der Waals surface area contributed by atoms with E-state index in [1.165, 1.54) is 19.3 Å². The van der Waals surface area contributed by atoms with Gasteiger partial charge in [0, 0.05) is 0 Å². The van der Waals surface area contributed by atoms with Crippen LogP contribution in [-0.2, 0) is 4.79 Å². The number of rotatable bonds is 3. The topological polar surface area (TPSA) is 105 Å². The van der Waals surface area contributed by atoms with E-state index in [0.29, 0.717) is 0 Å². The van der Waals surface area contributed by atoms with Crippen molar-refractivity contribution < 1.29 is 19.6 Å². The van der Waals surface area contributed by atoms with Gasteiger partial charge in [0.15, 0.2) is 0 Å². The zero-order chi connectivity index (χ0) is 14.9. The number of thioether (sulfide) groups is 1. The highest BCUT2D eigenvalue weighted by Gasteiger charge is 2.23. The van der Waals surface area contributed by atoms with Crippen LogP contribution in [0.2, 0.25) is 0 Å². The largest absolute Gasteiger partial charge is 0.867 e. The van der Waals surface area contributed by atoms with Gasteiger partial charge in [-0.3, -0.25) is 14.9 Å². The highest BCUT2D eigenvalue weighted by molar-refractivity contribution is 8.26. The number of carbonyl (C=O) groups excluding carboxylic acids is 1. The number of nitrogens with zero attached hydrogens (tertiary/aromatic N) is 1. The highest BCUT2D eigenvalue weighted by Crippen LogP contribution is 2.35. The Labute approximate surface area is 122 Å². The molecule has 20 heavy (non-hydrogen) atoms. The van der Waals surface area contributed by atoms with Crippen molar-refractivity contribution in [1.82, 2.24) is 5.32 Å². The van der Waals surface area contributed by atoms with Crippen molar-refractivity contribution >= 4 is 46.0 Å². The summed E-state index contributed by atoms with van der Waals surface area (Å²) < 4.78 is 5.18. The molecule has 1 aromatic carbocycles. The minimum Gasteiger partial charge on any atom is -0.867 e. The summed E-state index contributed by atoms with van der Waals surface area (Å²) in [5.74, 6) is -1.06. The quantitative estimate of drug-likeness (QED) is 0.386. The van der Waals surface area contributed by atoms with E-state index >= 15 is 0 Å². The molecule has 0 bridgehead atoms. The summed E-state index contributed by atoms with van der Waals surface area (Å²) in [6.45, 7) is 0. The molecular formula is C11H7N2O5S2-. The van der Waals surface area contributed by atoms with Crippen LogP contribution in [0.3, 0.4) is 0 Å². The second-order valence-corrected chi connectivity index (χ2v) is 5.39. The zero-order valence-corrected chi connectivity index (χ0v) is 11.7. The molecule has 1 amide bonds. The van der Waals surface area contributed by atoms with Gasteiger partial charge in [0.1, 0.15) is 10.1 Å². The lowest BCUT2D eigenvalue weighted by atomic mass is 10.1. The van der Waals surface area contributed by atoms with E-state index in [9.17, 15) is 20.0 Å². The van der Waals surface area contributed by atoms with Crippen molar-refractivity contribution in [3.8, 4) is 11.5 Å². The molecule has 0 spiro atoms. The van der Waals surface area contributed by atoms with Crippen LogP contribution in [0.4, 0.5) is 5.69 Å². The standard InChI is InChI=1S/C11H8N2O5S2/c1-18-6-2-5(9(14)7(4-6)13(16)17)3-8-10(15)12-11(19)20-8/h2-4,14H,1H3,(H,12,15,19)/p-1/b8-3+. The molecule has 0 radical (unpaired) electrons. The molecule has 104 valence electrons. The first-order valence-corrected chi connectivity index (χ1v) is 6.43. The third kappa shape index (κ3) is 2.73. The summed E-state index contributed by atoms with van der Waals surface area (Å²) in [6, 6.07) is 2.37. The summed E-state index contributed by atoms with van der Waals surface area (Å²) in [5.41, 5.74) is -0.611. The predicted octanol–water partition coefficient (Wildman–Crippen LogP) is 1.17. The minimum absolute atomic E-state index is 0.00148. The fourth-order valence-corrected chi connectivity index (χ4v) is 2.57. The number of nitro benzene ring substituents is 1. The molecule has 7 nitrogen and oxygen atoms in total. The molecule has 1 aromatic rings. The van der Waals surface area contributed by atoms with E-state index in [1.54, 1.807) is 0 Å². The van der Waals surface area contributed by atoms with E-state index in [2.05, 4.69) is 5.32 Å². The monoisotopic (exact) mass is 311 g/mol. The molecule has 1 saturated heterocycles. The molecule has 2 rings (SSSR count). The van der Waals surface area contributed by atoms with Crippen molar-refractivity contribution in [2.45, 2.75) is 0 Å². The number of nitro groups is 1. The molecule has 0 atom stereocenters. The number of hydrogen-bond donors (Lipinski definition) is 1. The average Bonchev–Trinajstić information content (AvgIpc) is 2.70. The van der Waals surface area contributed by atoms with E-state index in [4.69, 9.17) is 17.0 Å². The Kier molecular flexibility index (Phi) is 3.91. The minimum atomic E-state index is -0.792. The Hall–Kier alpha value is -2.13. The van der Waals surface area contributed by atoms with Crippen molar-refractivity contribution in [3.05, 3.63) is 32.7 Å². The molecule has 0 unspecified atom stereocenters. The van der Waals surface area contributed by atoms with Crippen molar-refractivity contribution in [3.63, 3.8) is 0 Å². The Morgan fingerprint density at radius 1 is 1.50 bits per heavy atom. The molecule has 1 aliphatic heterocycles. The molecular weight excluding hydrogens is 304 g/mol. The van der Waals surface area contributed by atoms with Gasteiger partial charge in [0.05, 0.1) is 23.0 Å². The van der Waals surface area contributed by atoms with Gasteiger partial charge in [-0.2, -0.15) is 0 Å². The number of amides is 1. The van der Waals surface area contributed by atoms with E-state index in [0.717, 1.165) is 17.8 Å². The second kappa shape index (κ2) is 5.47. The number of thiocarbonyl (C=S) groups is 1. The summed E-state index contributed by atoms with van der Waals surface area (Å²) in [7, 11) is 1.33. The lowest BCUT2D eigenvalue weighted by Gasteiger charge is -2.13. The van der Waals surface area contributed by atoms with Crippen LogP contribution in [0.25, 0.3) is 6.08 Å². The van der Waals surface area contributed by atoms with Gasteiger partial charge in [0.2, 0.25) is 0 Å². The Morgan fingerprint density at radius 2 is 2.20 bits per heavy atom. The number of carbonyl (C=O) groups is 1. The molecule has 1 heterocycles. The maximum Gasteiger partial charge on any atom is 0.266 e. The van der Waals surface area contributed by atoms with Gasteiger partial charge in [-0.05, 0) is 23.5 Å². The van der Waals surface area contributed by atoms with Gasteiger partial charge in [-0.15, -0.1) is 0 Å². The van der Waals surface area contributed by atoms with Gasteiger partial charge >= 0.3 is 0 Å². The summed E-state index contributed by atoms with van der Waals surface area (Å²) in [5, 5.41) is 25.2. The van der Waals surface area contributed by atoms with Gasteiger partial charge < -0.3 is 15.2 Å². The molecule has 0 aromatic heterocycles. The Balaban J connectivity index is 2.54. The maximum atomic E-state index is 11.9. The first-order valence-electron chi connectivity index (χ1n) is 5.20. The van der Waals surface area contributed by atoms with Crippen LogP contribution in [0, 0.1) is 10.1 Å². The number of nitrogens with one attached hydrogen (secondary N) is 1. The lowest BCUT2D eigenvalue weighted by Crippen LogP contribution is -2.17. The summed E-state index contributed by atoms with van der Waals surface area (Å²) in [6.07, 6.45) is 1.26. The summed E-state index contributed by atoms with van der Waals surface area (Å²) >= 11 is 5.80. The third-order valence-corrected chi connectivity index (χ3v) is 3.60. The molecule has 0 aliphatic carbocycles. The summed E-state index contributed by atoms with van der Waals surface area (Å²) in [4.78, 5) is 21.7. The molecule has 0 saturated carbocycles. The Bertz CT molecular complexity index is 656. The zero-order valence-electron chi connectivity index (χ0n) is 10.0. The van der Waals surface area contributed by atoms with Crippen LogP contribution in [0.5, 0.6) is 11.5 Å². The lowest BCUT2D eigenvalue weighted by molar-refractivity contribution is -0.398. The first kappa shape index (κ1) is 14.3. The highest BCUT2D eigenvalue weighted by atomic mass is 32.2. The van der Waals surface area contributed by atoms with E-state index < -0.39 is 22.3 Å². The SMILES string of the molecule is COc1cc(/C=C2/SC(=S)NC2=O)c([O-])c([N+](=O)[O-])c1. The Morgan fingerprint density at radius 3 is 2.70 bits per heavy atom. The number of ether oxygens (including phenoxy) is 1. The van der Waals surface area contributed by atoms with Crippen molar-refractivity contribution in [2.24, 2.45) is 0 Å². The molecule has 1 N–H and O–H groups in total. The molecule has 1 aliphatic rings. The van der Waals surface area contributed by atoms with Gasteiger partial charge in [0.25, 0.3) is 11.6 Å². The molecule has 1 fully saturated rings. The maximum absolute atomic E-state index is 11.9. The second-order valence-electron chi connectivity index (χ2n) is 3.67. The number of benzene rings is 1. The molecule has 9 heteroatoms. The first-order chi connectivity index (χ1) is 9.42. The number of methoxy groups -OCH3 is 1. The normalized spacial score (nSPS) is 16.4. The fourth-order valence-electron chi connectivity index (χ4n) is 1.53. The van der Waals surface area contributed by atoms with E-state index in [1.807, 2.05) is 0 Å². The van der Waals surface area contributed by atoms with Crippen LogP contribution in [-0.4, -0.2) is 22.3 Å². The van der Waals surface area contributed by atoms with E-state index in [-0.39, 0.29) is 20.5 Å². The van der Waals surface area contributed by atoms with Crippen LogP contribution >= 0.6 is 24.0 Å². The average molecular weight is 311 g/mol. The van der Waals surface area contributed by atoms with Crippen molar-refractivity contribution in [2.75, 3.05) is 7.11 Å². The van der Waals surface area contributed by atoms with Crippen LogP contribution < -0.4 is 15.2 Å². The van der Waals surface area contributed by atoms with Gasteiger partial charge in [-0.1, -0.05) is 24.0 Å². The van der Waals surface area contributed by atoms with Crippen LogP contribution in [0.1, 0.15) is 5.56 Å². The fraction of sp³-hybridized carbons (Fsp3) is 0.0909. The number of hydrogen-bond acceptors (Lipinski definition) is 7.